The lowest BCUT2D eigenvalue weighted by atomic mass is 10.3. The fourth-order valence-electron chi connectivity index (χ4n) is 1.37. The number of anilines is 1. The van der Waals surface area contributed by atoms with Crippen LogP contribution in [-0.4, -0.2) is 27.4 Å². The summed E-state index contributed by atoms with van der Waals surface area (Å²) in [7, 11) is -3.51. The molecule has 0 spiro atoms. The molecule has 0 aromatic heterocycles. The van der Waals surface area contributed by atoms with Crippen molar-refractivity contribution in [2.75, 3.05) is 18.4 Å². The largest absolute Gasteiger partial charge is 0.330 e. The molecule has 0 heterocycles. The number of nitrogens with one attached hydrogen (secondary N) is 2. The Morgan fingerprint density at radius 3 is 2.72 bits per heavy atom. The van der Waals surface area contributed by atoms with Crippen LogP contribution < -0.4 is 15.8 Å². The Morgan fingerprint density at radius 1 is 1.39 bits per heavy atom. The third kappa shape index (κ3) is 4.10. The maximum Gasteiger partial charge on any atom is 0.240 e. The highest BCUT2D eigenvalue weighted by Crippen LogP contribution is 2.15. The minimum absolute atomic E-state index is 0.120. The summed E-state index contributed by atoms with van der Waals surface area (Å²) in [5, 5.41) is 2.59. The standard InChI is InChI=1S/C11H17N3O3S/c1-2-13-18(16,17)10-5-3-4-9(8-10)14-11(15)6-7-12/h3-5,8,13H,2,6-7,12H2,1H3,(H,14,15). The SMILES string of the molecule is CCNS(=O)(=O)c1cccc(NC(=O)CCN)c1. The Labute approximate surface area is 107 Å². The fourth-order valence-corrected chi connectivity index (χ4v) is 2.46. The van der Waals surface area contributed by atoms with Crippen LogP contribution in [0.15, 0.2) is 29.2 Å². The predicted octanol–water partition coefficient (Wildman–Crippen LogP) is 0.272. The van der Waals surface area contributed by atoms with Gasteiger partial charge in [-0.2, -0.15) is 0 Å². The van der Waals surface area contributed by atoms with Gasteiger partial charge in [0.15, 0.2) is 0 Å². The van der Waals surface area contributed by atoms with Crippen molar-refractivity contribution in [2.45, 2.75) is 18.2 Å². The topological polar surface area (TPSA) is 101 Å². The van der Waals surface area contributed by atoms with Gasteiger partial charge in [0, 0.05) is 25.2 Å². The Hall–Kier alpha value is -1.44. The van der Waals surface area contributed by atoms with Crippen LogP contribution in [0, 0.1) is 0 Å². The summed E-state index contributed by atoms with van der Waals surface area (Å²) in [5.41, 5.74) is 5.69. The van der Waals surface area contributed by atoms with E-state index in [1.807, 2.05) is 0 Å². The van der Waals surface area contributed by atoms with E-state index in [0.717, 1.165) is 0 Å². The van der Waals surface area contributed by atoms with Crippen LogP contribution in [0.2, 0.25) is 0 Å². The van der Waals surface area contributed by atoms with Crippen LogP contribution in [0.1, 0.15) is 13.3 Å². The molecule has 0 aliphatic carbocycles. The van der Waals surface area contributed by atoms with E-state index in [1.54, 1.807) is 19.1 Å². The molecule has 0 aliphatic heterocycles. The molecule has 0 unspecified atom stereocenters. The molecule has 100 valence electrons. The van der Waals surface area contributed by atoms with Gasteiger partial charge in [0.2, 0.25) is 15.9 Å². The van der Waals surface area contributed by atoms with E-state index in [-0.39, 0.29) is 23.8 Å². The van der Waals surface area contributed by atoms with Crippen molar-refractivity contribution in [3.63, 3.8) is 0 Å². The minimum Gasteiger partial charge on any atom is -0.330 e. The first-order chi connectivity index (χ1) is 8.49. The van der Waals surface area contributed by atoms with Gasteiger partial charge in [-0.3, -0.25) is 4.79 Å². The molecule has 18 heavy (non-hydrogen) atoms. The Balaban J connectivity index is 2.89. The van der Waals surface area contributed by atoms with Crippen molar-refractivity contribution in [3.8, 4) is 0 Å². The smallest absolute Gasteiger partial charge is 0.240 e. The van der Waals surface area contributed by atoms with Crippen molar-refractivity contribution in [1.82, 2.24) is 4.72 Å². The van der Waals surface area contributed by atoms with Crippen LogP contribution >= 0.6 is 0 Å². The average Bonchev–Trinajstić information content (AvgIpc) is 2.29. The van der Waals surface area contributed by atoms with Gasteiger partial charge in [0.25, 0.3) is 0 Å². The monoisotopic (exact) mass is 271 g/mol. The van der Waals surface area contributed by atoms with Crippen LogP contribution in [0.5, 0.6) is 0 Å². The van der Waals surface area contributed by atoms with Gasteiger partial charge in [-0.15, -0.1) is 0 Å². The van der Waals surface area contributed by atoms with Crippen molar-refractivity contribution < 1.29 is 13.2 Å². The summed E-state index contributed by atoms with van der Waals surface area (Å²) < 4.78 is 25.9. The van der Waals surface area contributed by atoms with Gasteiger partial charge in [-0.25, -0.2) is 13.1 Å². The second-order valence-electron chi connectivity index (χ2n) is 3.62. The number of carbonyl (C=O) groups is 1. The van der Waals surface area contributed by atoms with Crippen molar-refractivity contribution in [2.24, 2.45) is 5.73 Å². The molecule has 0 fully saturated rings. The van der Waals surface area contributed by atoms with E-state index in [4.69, 9.17) is 5.73 Å². The number of rotatable bonds is 6. The molecule has 0 saturated heterocycles. The maximum atomic E-state index is 11.8. The quantitative estimate of drug-likeness (QED) is 0.691. The molecular weight excluding hydrogens is 254 g/mol. The maximum absolute atomic E-state index is 11.8. The third-order valence-electron chi connectivity index (χ3n) is 2.13. The zero-order valence-corrected chi connectivity index (χ0v) is 11.0. The summed E-state index contributed by atoms with van der Waals surface area (Å²) in [6, 6.07) is 6.07. The summed E-state index contributed by atoms with van der Waals surface area (Å²) >= 11 is 0. The second-order valence-corrected chi connectivity index (χ2v) is 5.38. The summed E-state index contributed by atoms with van der Waals surface area (Å²) in [4.78, 5) is 11.5. The third-order valence-corrected chi connectivity index (χ3v) is 3.68. The van der Waals surface area contributed by atoms with Crippen molar-refractivity contribution in [3.05, 3.63) is 24.3 Å². The van der Waals surface area contributed by atoms with Gasteiger partial charge < -0.3 is 11.1 Å². The molecule has 0 bridgehead atoms. The molecule has 1 amide bonds. The average molecular weight is 271 g/mol. The highest BCUT2D eigenvalue weighted by Gasteiger charge is 2.13. The first-order valence-corrected chi connectivity index (χ1v) is 7.07. The van der Waals surface area contributed by atoms with E-state index in [9.17, 15) is 13.2 Å². The molecule has 7 heteroatoms. The molecule has 4 N–H and O–H groups in total. The molecule has 1 aromatic rings. The number of amides is 1. The molecule has 6 nitrogen and oxygen atoms in total. The van der Waals surface area contributed by atoms with Crippen LogP contribution in [0.4, 0.5) is 5.69 Å². The van der Waals surface area contributed by atoms with Gasteiger partial charge in [-0.05, 0) is 18.2 Å². The molecule has 1 rings (SSSR count). The van der Waals surface area contributed by atoms with Crippen LogP contribution in [-0.2, 0) is 14.8 Å². The number of hydrogen-bond acceptors (Lipinski definition) is 4. The van der Waals surface area contributed by atoms with Gasteiger partial charge in [0.1, 0.15) is 0 Å². The number of benzene rings is 1. The molecule has 0 radical (unpaired) electrons. The lowest BCUT2D eigenvalue weighted by Crippen LogP contribution is -2.23. The molecular formula is C11H17N3O3S. The van der Waals surface area contributed by atoms with E-state index in [2.05, 4.69) is 10.0 Å². The molecule has 0 aliphatic rings. The van der Waals surface area contributed by atoms with Crippen LogP contribution in [0.3, 0.4) is 0 Å². The lowest BCUT2D eigenvalue weighted by molar-refractivity contribution is -0.116. The normalized spacial score (nSPS) is 11.2. The van der Waals surface area contributed by atoms with E-state index < -0.39 is 10.0 Å². The van der Waals surface area contributed by atoms with Gasteiger partial charge >= 0.3 is 0 Å². The minimum atomic E-state index is -3.51. The first kappa shape index (κ1) is 14.6. The summed E-state index contributed by atoms with van der Waals surface area (Å²) in [6.07, 6.45) is 0.199. The lowest BCUT2D eigenvalue weighted by Gasteiger charge is -2.08. The summed E-state index contributed by atoms with van der Waals surface area (Å²) in [6.45, 7) is 2.26. The van der Waals surface area contributed by atoms with E-state index >= 15 is 0 Å². The summed E-state index contributed by atoms with van der Waals surface area (Å²) in [5.74, 6) is -0.240. The predicted molar refractivity (Wildman–Crippen MR) is 69.6 cm³/mol. The number of hydrogen-bond donors (Lipinski definition) is 3. The van der Waals surface area contributed by atoms with Crippen molar-refractivity contribution in [1.29, 1.82) is 0 Å². The fraction of sp³-hybridized carbons (Fsp3) is 0.364. The second kappa shape index (κ2) is 6.48. The highest BCUT2D eigenvalue weighted by atomic mass is 32.2. The Morgan fingerprint density at radius 2 is 2.11 bits per heavy atom. The van der Waals surface area contributed by atoms with Crippen molar-refractivity contribution >= 4 is 21.6 Å². The Kier molecular flexibility index (Phi) is 5.26. The Bertz CT molecular complexity index is 514. The van der Waals surface area contributed by atoms with Crippen LogP contribution in [0.25, 0.3) is 0 Å². The number of nitrogens with two attached hydrogens (primary N) is 1. The first-order valence-electron chi connectivity index (χ1n) is 5.59. The molecule has 0 atom stereocenters. The van der Waals surface area contributed by atoms with Gasteiger partial charge in [-0.1, -0.05) is 13.0 Å². The van der Waals surface area contributed by atoms with E-state index in [1.165, 1.54) is 12.1 Å². The van der Waals surface area contributed by atoms with E-state index in [0.29, 0.717) is 12.2 Å². The number of sulfonamides is 1. The van der Waals surface area contributed by atoms with Gasteiger partial charge in [0.05, 0.1) is 4.90 Å². The molecule has 1 aromatic carbocycles. The number of carbonyl (C=O) groups excluding carboxylic acids is 1. The zero-order chi connectivity index (χ0) is 13.6. The zero-order valence-electron chi connectivity index (χ0n) is 10.1. The molecule has 0 saturated carbocycles. The highest BCUT2D eigenvalue weighted by molar-refractivity contribution is 7.89.